The first-order valence-corrected chi connectivity index (χ1v) is 8.24. The molecule has 2 aromatic carbocycles. The fourth-order valence-corrected chi connectivity index (χ4v) is 3.07. The summed E-state index contributed by atoms with van der Waals surface area (Å²) in [6, 6.07) is 15.2. The van der Waals surface area contributed by atoms with Crippen LogP contribution in [0.5, 0.6) is 0 Å². The highest BCUT2D eigenvalue weighted by atomic mass is 32.2. The summed E-state index contributed by atoms with van der Waals surface area (Å²) < 4.78 is 0. The molecule has 0 aromatic heterocycles. The Morgan fingerprint density at radius 2 is 1.92 bits per heavy atom. The van der Waals surface area contributed by atoms with E-state index in [1.54, 1.807) is 18.2 Å². The molecule has 2 aromatic rings. The van der Waals surface area contributed by atoms with Crippen molar-refractivity contribution in [3.63, 3.8) is 0 Å². The molecule has 0 bridgehead atoms. The quantitative estimate of drug-likeness (QED) is 0.843. The maximum absolute atomic E-state index is 12.1. The highest BCUT2D eigenvalue weighted by Gasteiger charge is 2.23. The highest BCUT2D eigenvalue weighted by molar-refractivity contribution is 8.18. The Kier molecular flexibility index (Phi) is 4.50. The third-order valence-electron chi connectivity index (χ3n) is 3.58. The fraction of sp³-hybridized carbons (Fsp3) is 0.105. The van der Waals surface area contributed by atoms with Gasteiger partial charge in [-0.15, -0.1) is 0 Å². The fourth-order valence-electron chi connectivity index (χ4n) is 2.24. The monoisotopic (exact) mass is 333 g/mol. The summed E-state index contributed by atoms with van der Waals surface area (Å²) in [4.78, 5) is 17.3. The van der Waals surface area contributed by atoms with E-state index in [9.17, 15) is 4.79 Å². The van der Waals surface area contributed by atoms with Crippen molar-refractivity contribution in [3.8, 4) is 6.07 Å². The molecule has 1 amide bonds. The van der Waals surface area contributed by atoms with Gasteiger partial charge in [0, 0.05) is 0 Å². The molecule has 0 aliphatic carbocycles. The molecule has 24 heavy (non-hydrogen) atoms. The molecule has 3 rings (SSSR count). The average Bonchev–Trinajstić information content (AvgIpc) is 2.91. The lowest BCUT2D eigenvalue weighted by Crippen LogP contribution is -2.19. The second kappa shape index (κ2) is 6.73. The van der Waals surface area contributed by atoms with E-state index >= 15 is 0 Å². The summed E-state index contributed by atoms with van der Waals surface area (Å²) in [7, 11) is 0. The van der Waals surface area contributed by atoms with Crippen LogP contribution in [0.15, 0.2) is 52.4 Å². The number of nitrogens with zero attached hydrogens (tertiary/aromatic N) is 2. The van der Waals surface area contributed by atoms with Crippen LogP contribution in [0.25, 0.3) is 6.08 Å². The molecule has 1 N–H and O–H groups in total. The van der Waals surface area contributed by atoms with E-state index in [2.05, 4.69) is 16.4 Å². The van der Waals surface area contributed by atoms with Gasteiger partial charge in [-0.25, -0.2) is 4.99 Å². The number of carbonyl (C=O) groups excluding carboxylic acids is 1. The Morgan fingerprint density at radius 1 is 1.17 bits per heavy atom. The molecule has 1 aliphatic rings. The van der Waals surface area contributed by atoms with Crippen LogP contribution >= 0.6 is 11.8 Å². The molecular formula is C19H15N3OS. The zero-order valence-electron chi connectivity index (χ0n) is 13.3. The van der Waals surface area contributed by atoms with Crippen LogP contribution in [0.1, 0.15) is 22.3 Å². The first-order chi connectivity index (χ1) is 11.5. The largest absolute Gasteiger partial charge is 0.300 e. The Balaban J connectivity index is 1.85. The van der Waals surface area contributed by atoms with Gasteiger partial charge in [0.1, 0.15) is 0 Å². The predicted molar refractivity (Wildman–Crippen MR) is 97.9 cm³/mol. The van der Waals surface area contributed by atoms with Gasteiger partial charge in [-0.05, 0) is 66.6 Å². The van der Waals surface area contributed by atoms with Gasteiger partial charge >= 0.3 is 0 Å². The number of benzene rings is 2. The van der Waals surface area contributed by atoms with E-state index in [0.717, 1.165) is 22.4 Å². The SMILES string of the molecule is Cc1ccc(C)c(N=C2NC(=O)/C(=C\c3ccc(C#N)cc3)S2)c1. The van der Waals surface area contributed by atoms with Gasteiger partial charge in [-0.3, -0.25) is 4.79 Å². The van der Waals surface area contributed by atoms with E-state index in [4.69, 9.17) is 5.26 Å². The number of rotatable bonds is 2. The summed E-state index contributed by atoms with van der Waals surface area (Å²) >= 11 is 1.32. The zero-order valence-corrected chi connectivity index (χ0v) is 14.1. The van der Waals surface area contributed by atoms with Crippen LogP contribution in [0, 0.1) is 25.2 Å². The minimum atomic E-state index is -0.159. The number of nitriles is 1. The number of thioether (sulfide) groups is 1. The molecule has 0 radical (unpaired) electrons. The lowest BCUT2D eigenvalue weighted by Gasteiger charge is -2.02. The van der Waals surface area contributed by atoms with E-state index in [1.165, 1.54) is 11.8 Å². The van der Waals surface area contributed by atoms with Crippen molar-refractivity contribution < 1.29 is 4.79 Å². The van der Waals surface area contributed by atoms with Crippen LogP contribution < -0.4 is 5.32 Å². The van der Waals surface area contributed by atoms with Crippen LogP contribution in [-0.2, 0) is 4.79 Å². The van der Waals surface area contributed by atoms with Gasteiger partial charge in [-0.1, -0.05) is 24.3 Å². The molecule has 1 heterocycles. The summed E-state index contributed by atoms with van der Waals surface area (Å²) in [5.74, 6) is -0.159. The van der Waals surface area contributed by atoms with Crippen molar-refractivity contribution in [2.45, 2.75) is 13.8 Å². The van der Waals surface area contributed by atoms with E-state index in [1.807, 2.05) is 44.2 Å². The van der Waals surface area contributed by atoms with Crippen molar-refractivity contribution in [1.29, 1.82) is 5.26 Å². The molecule has 0 atom stereocenters. The van der Waals surface area contributed by atoms with Gasteiger partial charge in [0.15, 0.2) is 5.17 Å². The lowest BCUT2D eigenvalue weighted by atomic mass is 10.1. The van der Waals surface area contributed by atoms with E-state index in [0.29, 0.717) is 15.6 Å². The van der Waals surface area contributed by atoms with Crippen LogP contribution in [0.2, 0.25) is 0 Å². The van der Waals surface area contributed by atoms with Crippen molar-refractivity contribution in [2.75, 3.05) is 0 Å². The second-order valence-corrected chi connectivity index (χ2v) is 6.54. The second-order valence-electron chi connectivity index (χ2n) is 5.51. The highest BCUT2D eigenvalue weighted by Crippen LogP contribution is 2.29. The third-order valence-corrected chi connectivity index (χ3v) is 4.48. The molecule has 1 saturated heterocycles. The maximum Gasteiger partial charge on any atom is 0.264 e. The normalized spacial score (nSPS) is 17.1. The number of aryl methyl sites for hydroxylation is 2. The van der Waals surface area contributed by atoms with Crippen LogP contribution in [0.4, 0.5) is 5.69 Å². The number of amides is 1. The zero-order chi connectivity index (χ0) is 17.1. The predicted octanol–water partition coefficient (Wildman–Crippen LogP) is 4.07. The molecule has 4 nitrogen and oxygen atoms in total. The summed E-state index contributed by atoms with van der Waals surface area (Å²) in [5.41, 5.74) is 4.52. The van der Waals surface area contributed by atoms with E-state index in [-0.39, 0.29) is 5.91 Å². The van der Waals surface area contributed by atoms with Crippen molar-refractivity contribution in [1.82, 2.24) is 5.32 Å². The number of amidine groups is 1. The molecule has 5 heteroatoms. The molecular weight excluding hydrogens is 318 g/mol. The van der Waals surface area contributed by atoms with Crippen LogP contribution in [-0.4, -0.2) is 11.1 Å². The lowest BCUT2D eigenvalue weighted by molar-refractivity contribution is -0.115. The first kappa shape index (κ1) is 16.0. The van der Waals surface area contributed by atoms with E-state index < -0.39 is 0 Å². The topological polar surface area (TPSA) is 65.2 Å². The number of carbonyl (C=O) groups is 1. The Bertz CT molecular complexity index is 905. The first-order valence-electron chi connectivity index (χ1n) is 7.42. The molecule has 1 aliphatic heterocycles. The van der Waals surface area contributed by atoms with Crippen LogP contribution in [0.3, 0.4) is 0 Å². The summed E-state index contributed by atoms with van der Waals surface area (Å²) in [6.45, 7) is 4.01. The van der Waals surface area contributed by atoms with Crippen molar-refractivity contribution in [3.05, 3.63) is 69.6 Å². The Morgan fingerprint density at radius 3 is 2.62 bits per heavy atom. The number of hydrogen-bond acceptors (Lipinski definition) is 4. The molecule has 0 unspecified atom stereocenters. The number of aliphatic imine (C=N–C) groups is 1. The van der Waals surface area contributed by atoms with Gasteiger partial charge in [0.25, 0.3) is 5.91 Å². The summed E-state index contributed by atoms with van der Waals surface area (Å²) in [5, 5.41) is 12.2. The van der Waals surface area contributed by atoms with Gasteiger partial charge in [0.2, 0.25) is 0 Å². The Labute approximate surface area is 144 Å². The molecule has 0 saturated carbocycles. The Hall–Kier alpha value is -2.84. The van der Waals surface area contributed by atoms with Crippen molar-refractivity contribution >= 4 is 34.6 Å². The minimum absolute atomic E-state index is 0.159. The third kappa shape index (κ3) is 3.55. The van der Waals surface area contributed by atoms with Gasteiger partial charge in [0.05, 0.1) is 22.2 Å². The van der Waals surface area contributed by atoms with Gasteiger partial charge in [-0.2, -0.15) is 5.26 Å². The molecule has 0 spiro atoms. The summed E-state index contributed by atoms with van der Waals surface area (Å²) in [6.07, 6.45) is 1.80. The standard InChI is InChI=1S/C19H15N3OS/c1-12-3-4-13(2)16(9-12)21-19-22-18(23)17(24-19)10-14-5-7-15(11-20)8-6-14/h3-10H,1-2H3,(H,21,22,23)/b17-10+. The minimum Gasteiger partial charge on any atom is -0.300 e. The van der Waals surface area contributed by atoms with Crippen molar-refractivity contribution in [2.24, 2.45) is 4.99 Å². The smallest absolute Gasteiger partial charge is 0.264 e. The van der Waals surface area contributed by atoms with Gasteiger partial charge < -0.3 is 5.32 Å². The number of nitrogens with one attached hydrogen (secondary N) is 1. The molecule has 1 fully saturated rings. The maximum atomic E-state index is 12.1. The number of hydrogen-bond donors (Lipinski definition) is 1. The average molecular weight is 333 g/mol. The molecule has 118 valence electrons.